The number of nitriles is 1. The van der Waals surface area contributed by atoms with Crippen LogP contribution in [0.3, 0.4) is 0 Å². The smallest absolute Gasteiger partial charge is 0.242 e. The third-order valence-electron chi connectivity index (χ3n) is 2.98. The van der Waals surface area contributed by atoms with Crippen LogP contribution in [0.5, 0.6) is 0 Å². The molecule has 0 fully saturated rings. The highest BCUT2D eigenvalue weighted by molar-refractivity contribution is 6.30. The van der Waals surface area contributed by atoms with Crippen LogP contribution in [0.1, 0.15) is 19.4 Å². The van der Waals surface area contributed by atoms with Crippen molar-refractivity contribution in [2.45, 2.75) is 13.8 Å². The molecular formula is C14H18ClN3O. The first-order valence-corrected chi connectivity index (χ1v) is 6.59. The van der Waals surface area contributed by atoms with E-state index in [1.54, 1.807) is 35.0 Å². The van der Waals surface area contributed by atoms with Crippen LogP contribution < -0.4 is 4.90 Å². The molecule has 0 spiro atoms. The van der Waals surface area contributed by atoms with E-state index >= 15 is 0 Å². The Morgan fingerprint density at radius 2 is 2.00 bits per heavy atom. The predicted octanol–water partition coefficient (Wildman–Crippen LogP) is 2.52. The highest BCUT2D eigenvalue weighted by atomic mass is 35.5. The molecule has 0 atom stereocenters. The van der Waals surface area contributed by atoms with E-state index in [1.165, 1.54) is 0 Å². The van der Waals surface area contributed by atoms with Crippen LogP contribution in [0.4, 0.5) is 5.69 Å². The molecule has 0 heterocycles. The number of carbonyl (C=O) groups is 1. The molecule has 102 valence electrons. The zero-order valence-electron chi connectivity index (χ0n) is 11.5. The van der Waals surface area contributed by atoms with Gasteiger partial charge in [0.25, 0.3) is 0 Å². The average molecular weight is 280 g/mol. The first kappa shape index (κ1) is 15.3. The van der Waals surface area contributed by atoms with Gasteiger partial charge in [-0.2, -0.15) is 5.26 Å². The summed E-state index contributed by atoms with van der Waals surface area (Å²) >= 11 is 5.86. The molecule has 1 rings (SSSR count). The number of nitrogens with zero attached hydrogens (tertiary/aromatic N) is 3. The van der Waals surface area contributed by atoms with Crippen molar-refractivity contribution >= 4 is 23.2 Å². The van der Waals surface area contributed by atoms with Gasteiger partial charge < -0.3 is 9.80 Å². The first-order valence-electron chi connectivity index (χ1n) is 6.22. The molecule has 0 aliphatic carbocycles. The van der Waals surface area contributed by atoms with E-state index in [2.05, 4.69) is 6.07 Å². The lowest BCUT2D eigenvalue weighted by molar-refractivity contribution is -0.129. The zero-order valence-corrected chi connectivity index (χ0v) is 12.2. The molecule has 0 radical (unpaired) electrons. The SMILES string of the molecule is CCN(CC)C(=O)CN(C)c1ccc(Cl)cc1C#N. The van der Waals surface area contributed by atoms with Gasteiger partial charge in [-0.25, -0.2) is 0 Å². The van der Waals surface area contributed by atoms with E-state index in [4.69, 9.17) is 16.9 Å². The minimum Gasteiger partial charge on any atom is -0.364 e. The lowest BCUT2D eigenvalue weighted by atomic mass is 10.2. The fourth-order valence-electron chi connectivity index (χ4n) is 1.90. The second kappa shape index (κ2) is 7.01. The van der Waals surface area contributed by atoms with E-state index in [0.717, 1.165) is 0 Å². The van der Waals surface area contributed by atoms with Crippen LogP contribution in [0, 0.1) is 11.3 Å². The van der Waals surface area contributed by atoms with E-state index in [-0.39, 0.29) is 12.5 Å². The number of anilines is 1. The van der Waals surface area contributed by atoms with Crippen molar-refractivity contribution < 1.29 is 4.79 Å². The van der Waals surface area contributed by atoms with E-state index in [1.807, 2.05) is 13.8 Å². The summed E-state index contributed by atoms with van der Waals surface area (Å²) in [5, 5.41) is 9.61. The van der Waals surface area contributed by atoms with Gasteiger partial charge >= 0.3 is 0 Å². The maximum absolute atomic E-state index is 12.0. The molecule has 0 bridgehead atoms. The molecule has 0 unspecified atom stereocenters. The lowest BCUT2D eigenvalue weighted by Crippen LogP contribution is -2.39. The standard InChI is InChI=1S/C14H18ClN3O/c1-4-18(5-2)14(19)10-17(3)13-7-6-12(15)8-11(13)9-16/h6-8H,4-5,10H2,1-3H3. The molecule has 0 N–H and O–H groups in total. The number of carbonyl (C=O) groups excluding carboxylic acids is 1. The van der Waals surface area contributed by atoms with Crippen molar-refractivity contribution in [2.24, 2.45) is 0 Å². The Morgan fingerprint density at radius 1 is 1.37 bits per heavy atom. The third kappa shape index (κ3) is 3.87. The van der Waals surface area contributed by atoms with Gasteiger partial charge in [-0.3, -0.25) is 4.79 Å². The number of hydrogen-bond acceptors (Lipinski definition) is 3. The summed E-state index contributed by atoms with van der Waals surface area (Å²) in [5.41, 5.74) is 1.19. The Kier molecular flexibility index (Phi) is 5.65. The minimum atomic E-state index is 0.0475. The topological polar surface area (TPSA) is 47.3 Å². The van der Waals surface area contributed by atoms with Gasteiger partial charge in [0, 0.05) is 25.2 Å². The van der Waals surface area contributed by atoms with Crippen molar-refractivity contribution in [3.05, 3.63) is 28.8 Å². The summed E-state index contributed by atoms with van der Waals surface area (Å²) in [4.78, 5) is 15.6. The monoisotopic (exact) mass is 279 g/mol. The summed E-state index contributed by atoms with van der Waals surface area (Å²) < 4.78 is 0. The van der Waals surface area contributed by atoms with Crippen molar-refractivity contribution in [3.8, 4) is 6.07 Å². The first-order chi connectivity index (χ1) is 9.03. The molecule has 0 aliphatic rings. The van der Waals surface area contributed by atoms with Crippen molar-refractivity contribution in [1.82, 2.24) is 4.90 Å². The molecule has 5 heteroatoms. The molecule has 1 aromatic carbocycles. The summed E-state index contributed by atoms with van der Waals surface area (Å²) in [6.45, 7) is 5.52. The maximum atomic E-state index is 12.0. The van der Waals surface area contributed by atoms with E-state index in [0.29, 0.717) is 29.4 Å². The third-order valence-corrected chi connectivity index (χ3v) is 3.21. The van der Waals surface area contributed by atoms with E-state index in [9.17, 15) is 4.79 Å². The summed E-state index contributed by atoms with van der Waals surface area (Å²) in [7, 11) is 1.80. The van der Waals surface area contributed by atoms with Crippen LogP contribution in [-0.4, -0.2) is 37.5 Å². The second-order valence-electron chi connectivity index (χ2n) is 4.20. The van der Waals surface area contributed by atoms with Gasteiger partial charge in [0.2, 0.25) is 5.91 Å². The van der Waals surface area contributed by atoms with Crippen LogP contribution in [0.15, 0.2) is 18.2 Å². The fourth-order valence-corrected chi connectivity index (χ4v) is 2.07. The largest absolute Gasteiger partial charge is 0.364 e. The molecule has 1 amide bonds. The van der Waals surface area contributed by atoms with Gasteiger partial charge in [-0.1, -0.05) is 11.6 Å². The highest BCUT2D eigenvalue weighted by Crippen LogP contribution is 2.22. The van der Waals surface area contributed by atoms with Crippen LogP contribution >= 0.6 is 11.6 Å². The number of rotatable bonds is 5. The van der Waals surface area contributed by atoms with Gasteiger partial charge in [0.05, 0.1) is 17.8 Å². The van der Waals surface area contributed by atoms with Gasteiger partial charge in [0.1, 0.15) is 6.07 Å². The Labute approximate surface area is 119 Å². The average Bonchev–Trinajstić information content (AvgIpc) is 2.39. The number of benzene rings is 1. The number of amides is 1. The normalized spacial score (nSPS) is 9.84. The van der Waals surface area contributed by atoms with Crippen LogP contribution in [0.25, 0.3) is 0 Å². The molecule has 19 heavy (non-hydrogen) atoms. The quantitative estimate of drug-likeness (QED) is 0.832. The Balaban J connectivity index is 2.87. The van der Waals surface area contributed by atoms with Gasteiger partial charge in [-0.15, -0.1) is 0 Å². The van der Waals surface area contributed by atoms with Crippen LogP contribution in [-0.2, 0) is 4.79 Å². The summed E-state index contributed by atoms with van der Waals surface area (Å²) in [6.07, 6.45) is 0. The van der Waals surface area contributed by atoms with E-state index < -0.39 is 0 Å². The summed E-state index contributed by atoms with van der Waals surface area (Å²) in [6, 6.07) is 7.18. The lowest BCUT2D eigenvalue weighted by Gasteiger charge is -2.25. The molecule has 0 aromatic heterocycles. The fraction of sp³-hybridized carbons (Fsp3) is 0.429. The van der Waals surface area contributed by atoms with Gasteiger partial charge in [-0.05, 0) is 32.0 Å². The van der Waals surface area contributed by atoms with Crippen LogP contribution in [0.2, 0.25) is 5.02 Å². The zero-order chi connectivity index (χ0) is 14.4. The molecule has 0 saturated heterocycles. The van der Waals surface area contributed by atoms with Crippen molar-refractivity contribution in [3.63, 3.8) is 0 Å². The molecular weight excluding hydrogens is 262 g/mol. The number of likely N-dealkylation sites (N-methyl/N-ethyl adjacent to an activating group) is 2. The van der Waals surface area contributed by atoms with Gasteiger partial charge in [0.15, 0.2) is 0 Å². The van der Waals surface area contributed by atoms with Crippen molar-refractivity contribution in [1.29, 1.82) is 5.26 Å². The number of hydrogen-bond donors (Lipinski definition) is 0. The maximum Gasteiger partial charge on any atom is 0.242 e. The minimum absolute atomic E-state index is 0.0475. The summed E-state index contributed by atoms with van der Waals surface area (Å²) in [5.74, 6) is 0.0475. The number of halogens is 1. The molecule has 0 aliphatic heterocycles. The second-order valence-corrected chi connectivity index (χ2v) is 4.63. The predicted molar refractivity (Wildman–Crippen MR) is 77.4 cm³/mol. The Morgan fingerprint density at radius 3 is 2.53 bits per heavy atom. The Hall–Kier alpha value is -1.73. The molecule has 4 nitrogen and oxygen atoms in total. The molecule has 1 aromatic rings. The van der Waals surface area contributed by atoms with Crippen molar-refractivity contribution in [2.75, 3.05) is 31.6 Å². The highest BCUT2D eigenvalue weighted by Gasteiger charge is 2.15. The molecule has 0 saturated carbocycles. The Bertz CT molecular complexity index is 492.